The first kappa shape index (κ1) is 22.3. The molecule has 1 aliphatic rings. The van der Waals surface area contributed by atoms with Crippen molar-refractivity contribution in [2.75, 3.05) is 0 Å². The van der Waals surface area contributed by atoms with Crippen LogP contribution >= 0.6 is 0 Å². The molecule has 0 N–H and O–H groups in total. The van der Waals surface area contributed by atoms with Crippen molar-refractivity contribution < 1.29 is 37.3 Å². The summed E-state index contributed by atoms with van der Waals surface area (Å²) < 4.78 is 47.0. The summed E-state index contributed by atoms with van der Waals surface area (Å²) in [5.74, 6) is -2.18. The molecule has 0 amide bonds. The van der Waals surface area contributed by atoms with Crippen LogP contribution in [0.3, 0.4) is 0 Å². The van der Waals surface area contributed by atoms with E-state index in [4.69, 9.17) is 18.9 Å². The van der Waals surface area contributed by atoms with Gasteiger partial charge in [-0.15, -0.1) is 0 Å². The van der Waals surface area contributed by atoms with Gasteiger partial charge in [0.25, 0.3) is 0 Å². The second-order valence-electron chi connectivity index (χ2n) is 7.08. The van der Waals surface area contributed by atoms with E-state index in [2.05, 4.69) is 9.97 Å². The number of hydrogen-bond acceptors (Lipinski definition) is 8. The Balaban J connectivity index is 1.33. The molecule has 8 nitrogen and oxygen atoms in total. The lowest BCUT2D eigenvalue weighted by Gasteiger charge is -2.07. The van der Waals surface area contributed by atoms with Gasteiger partial charge in [-0.3, -0.25) is 0 Å². The summed E-state index contributed by atoms with van der Waals surface area (Å²) in [5, 5.41) is 0. The quantitative estimate of drug-likeness (QED) is 0.287. The van der Waals surface area contributed by atoms with Crippen molar-refractivity contribution in [1.82, 2.24) is 9.97 Å². The standard InChI is InChI=1S/C23H18F2N2O6/c1-2-3-19-22(32-19)33-23(29)31-16-11-26-20(27-12-16)13-4-7-15(8-5-13)30-21(28)17-9-6-14(24)10-18(17)25/h4-12,19,22H,2-3H2,1H3/t19-,22-/m1/s1. The molecule has 0 radical (unpaired) electrons. The zero-order valence-corrected chi connectivity index (χ0v) is 17.4. The molecule has 0 saturated carbocycles. The Labute approximate surface area is 187 Å². The summed E-state index contributed by atoms with van der Waals surface area (Å²) in [7, 11) is 0. The first-order valence-corrected chi connectivity index (χ1v) is 10.1. The molecule has 33 heavy (non-hydrogen) atoms. The van der Waals surface area contributed by atoms with E-state index in [9.17, 15) is 18.4 Å². The van der Waals surface area contributed by atoms with Crippen molar-refractivity contribution in [2.24, 2.45) is 0 Å². The zero-order chi connectivity index (χ0) is 23.4. The molecule has 1 aliphatic heterocycles. The van der Waals surface area contributed by atoms with Gasteiger partial charge in [-0.1, -0.05) is 13.3 Å². The maximum absolute atomic E-state index is 13.7. The van der Waals surface area contributed by atoms with E-state index in [0.717, 1.165) is 25.0 Å². The third-order valence-electron chi connectivity index (χ3n) is 4.62. The normalized spacial score (nSPS) is 16.7. The lowest BCUT2D eigenvalue weighted by molar-refractivity contribution is 0.0559. The lowest BCUT2D eigenvalue weighted by Crippen LogP contribution is -2.14. The van der Waals surface area contributed by atoms with Gasteiger partial charge >= 0.3 is 12.1 Å². The van der Waals surface area contributed by atoms with E-state index in [0.29, 0.717) is 17.5 Å². The molecule has 0 unspecified atom stereocenters. The van der Waals surface area contributed by atoms with Crippen LogP contribution in [-0.4, -0.2) is 34.5 Å². The molecule has 4 rings (SSSR count). The number of nitrogens with zero attached hydrogens (tertiary/aromatic N) is 2. The smallest absolute Gasteiger partial charge is 0.423 e. The second-order valence-corrected chi connectivity index (χ2v) is 7.08. The van der Waals surface area contributed by atoms with Crippen LogP contribution in [0.15, 0.2) is 54.9 Å². The Hall–Kier alpha value is -3.92. The first-order chi connectivity index (χ1) is 15.9. The van der Waals surface area contributed by atoms with E-state index in [-0.39, 0.29) is 23.2 Å². The summed E-state index contributed by atoms with van der Waals surface area (Å²) in [6.07, 6.45) is 2.78. The molecule has 3 aromatic rings. The Morgan fingerprint density at radius 3 is 2.39 bits per heavy atom. The minimum atomic E-state index is -1.01. The Morgan fingerprint density at radius 1 is 1.00 bits per heavy atom. The Morgan fingerprint density at radius 2 is 1.73 bits per heavy atom. The van der Waals surface area contributed by atoms with Gasteiger partial charge in [0.15, 0.2) is 11.6 Å². The van der Waals surface area contributed by atoms with Gasteiger partial charge < -0.3 is 18.9 Å². The molecule has 170 valence electrons. The molecule has 2 aromatic carbocycles. The molecule has 1 aromatic heterocycles. The van der Waals surface area contributed by atoms with Crippen molar-refractivity contribution >= 4 is 12.1 Å². The molecule has 10 heteroatoms. The highest BCUT2D eigenvalue weighted by Gasteiger charge is 2.42. The summed E-state index contributed by atoms with van der Waals surface area (Å²) in [6, 6.07) is 8.71. The van der Waals surface area contributed by atoms with Crippen LogP contribution in [0.2, 0.25) is 0 Å². The number of epoxide rings is 1. The molecule has 2 heterocycles. The van der Waals surface area contributed by atoms with Gasteiger partial charge in [-0.25, -0.2) is 28.3 Å². The van der Waals surface area contributed by atoms with E-state index in [1.807, 2.05) is 6.92 Å². The Bertz CT molecular complexity index is 1150. The largest absolute Gasteiger partial charge is 0.516 e. The van der Waals surface area contributed by atoms with E-state index in [1.54, 1.807) is 12.1 Å². The molecular weight excluding hydrogens is 438 g/mol. The lowest BCUT2D eigenvalue weighted by atomic mass is 10.2. The molecule has 2 atom stereocenters. The van der Waals surface area contributed by atoms with Gasteiger partial charge in [0, 0.05) is 11.6 Å². The van der Waals surface area contributed by atoms with Gasteiger partial charge in [0.2, 0.25) is 6.29 Å². The number of hydrogen-bond donors (Lipinski definition) is 0. The topological polar surface area (TPSA) is 100 Å². The van der Waals surface area contributed by atoms with Crippen LogP contribution in [0.4, 0.5) is 13.6 Å². The number of ether oxygens (including phenoxy) is 4. The fourth-order valence-corrected chi connectivity index (χ4v) is 2.94. The number of halogens is 2. The van der Waals surface area contributed by atoms with Crippen LogP contribution < -0.4 is 9.47 Å². The van der Waals surface area contributed by atoms with E-state index in [1.165, 1.54) is 24.5 Å². The van der Waals surface area contributed by atoms with Gasteiger partial charge in [-0.05, 0) is 42.8 Å². The van der Waals surface area contributed by atoms with E-state index < -0.39 is 30.0 Å². The summed E-state index contributed by atoms with van der Waals surface area (Å²) in [5.41, 5.74) is 0.206. The average Bonchev–Trinajstić information content (AvgIpc) is 3.52. The minimum absolute atomic E-state index is 0.0851. The number of benzene rings is 2. The van der Waals surface area contributed by atoms with Crippen LogP contribution in [-0.2, 0) is 9.47 Å². The fraction of sp³-hybridized carbons (Fsp3) is 0.217. The molecule has 0 spiro atoms. The number of aromatic nitrogens is 2. The van der Waals surface area contributed by atoms with Crippen LogP contribution in [0.5, 0.6) is 11.5 Å². The first-order valence-electron chi connectivity index (χ1n) is 10.1. The van der Waals surface area contributed by atoms with Gasteiger partial charge in [0.05, 0.1) is 18.0 Å². The van der Waals surface area contributed by atoms with Crippen LogP contribution in [0.1, 0.15) is 30.1 Å². The maximum atomic E-state index is 13.7. The average molecular weight is 456 g/mol. The second kappa shape index (κ2) is 9.70. The Kier molecular flexibility index (Phi) is 6.55. The van der Waals surface area contributed by atoms with Gasteiger partial charge in [-0.2, -0.15) is 0 Å². The van der Waals surface area contributed by atoms with Crippen molar-refractivity contribution in [3.8, 4) is 22.9 Å². The highest BCUT2D eigenvalue weighted by atomic mass is 19.1. The molecule has 0 aliphatic carbocycles. The summed E-state index contributed by atoms with van der Waals surface area (Å²) in [6.45, 7) is 2.01. The minimum Gasteiger partial charge on any atom is -0.423 e. The zero-order valence-electron chi connectivity index (χ0n) is 17.4. The highest BCUT2D eigenvalue weighted by molar-refractivity contribution is 5.91. The number of rotatable bonds is 7. The number of carbonyl (C=O) groups is 2. The molecular formula is C23H18F2N2O6. The molecule has 1 fully saturated rings. The number of carbonyl (C=O) groups excluding carboxylic acids is 2. The van der Waals surface area contributed by atoms with E-state index >= 15 is 0 Å². The third-order valence-corrected chi connectivity index (χ3v) is 4.62. The third kappa shape index (κ3) is 5.66. The van der Waals surface area contributed by atoms with Crippen molar-refractivity contribution in [2.45, 2.75) is 32.2 Å². The maximum Gasteiger partial charge on any atom is 0.516 e. The SMILES string of the molecule is CCC[C@H]1O[C@@H]1OC(=O)Oc1cnc(-c2ccc(OC(=O)c3ccc(F)cc3F)cc2)nc1. The number of esters is 1. The summed E-state index contributed by atoms with van der Waals surface area (Å²) in [4.78, 5) is 32.1. The van der Waals surface area contributed by atoms with Gasteiger partial charge in [0.1, 0.15) is 23.5 Å². The van der Waals surface area contributed by atoms with Crippen molar-refractivity contribution in [3.63, 3.8) is 0 Å². The molecule has 0 bridgehead atoms. The van der Waals surface area contributed by atoms with Crippen molar-refractivity contribution in [1.29, 1.82) is 0 Å². The predicted molar refractivity (Wildman–Crippen MR) is 109 cm³/mol. The van der Waals surface area contributed by atoms with Crippen molar-refractivity contribution in [3.05, 3.63) is 72.1 Å². The predicted octanol–water partition coefficient (Wildman–Crippen LogP) is 4.68. The monoisotopic (exact) mass is 456 g/mol. The fourth-order valence-electron chi connectivity index (χ4n) is 2.94. The van der Waals surface area contributed by atoms with Crippen LogP contribution in [0, 0.1) is 11.6 Å². The molecule has 1 saturated heterocycles. The highest BCUT2D eigenvalue weighted by Crippen LogP contribution is 2.28. The van der Waals surface area contributed by atoms with Crippen LogP contribution in [0.25, 0.3) is 11.4 Å². The summed E-state index contributed by atoms with van der Waals surface area (Å²) >= 11 is 0.